The van der Waals surface area contributed by atoms with E-state index in [4.69, 9.17) is 9.97 Å². The lowest BCUT2D eigenvalue weighted by Gasteiger charge is -2.21. The molecule has 4 heterocycles. The summed E-state index contributed by atoms with van der Waals surface area (Å²) in [6.45, 7) is 14.1. The quantitative estimate of drug-likeness (QED) is 0.144. The summed E-state index contributed by atoms with van der Waals surface area (Å²) in [4.78, 5) is 11.2. The van der Waals surface area contributed by atoms with Crippen LogP contribution in [0.2, 0.25) is 0 Å². The van der Waals surface area contributed by atoms with Gasteiger partial charge in [-0.3, -0.25) is 0 Å². The molecule has 23 rings (SSSR count). The summed E-state index contributed by atoms with van der Waals surface area (Å²) < 4.78 is 7.25. The van der Waals surface area contributed by atoms with E-state index in [1.54, 1.807) is 0 Å². The van der Waals surface area contributed by atoms with Crippen LogP contribution in [0, 0.1) is 0 Å². The van der Waals surface area contributed by atoms with E-state index in [9.17, 15) is 0 Å². The Morgan fingerprint density at radius 1 is 0.196 bits per heavy atom. The SMILES string of the molecule is CC1(C)c2ccccc2-c2cc(-c3ccc4c(c3)c3ccccc3n4-c3ccc(-c4ccc5nc(-c6cccc(-n7c8ccccc8c8cc(-c9ccc%10c(c9)-c9ccccc9C%10(C)C)ccc87)c6)nc(-c6ccc(-n7c8ccccc8c8cc(-c9ccc%10c(c9)-c9ccccc9C%10(C)C)ccc87)cc6)c5c4)cc3)ccc21. The van der Waals surface area contributed by atoms with Crippen LogP contribution in [0.5, 0.6) is 0 Å². The molecule has 20 aromatic rings. The minimum absolute atomic E-state index is 0.0427. The van der Waals surface area contributed by atoms with Crippen molar-refractivity contribution >= 4 is 76.3 Å². The Morgan fingerprint density at radius 3 is 0.955 bits per heavy atom. The van der Waals surface area contributed by atoms with E-state index in [1.807, 2.05) is 0 Å². The van der Waals surface area contributed by atoms with E-state index in [1.165, 1.54) is 143 Å². The standard InChI is InChI=1S/C107H75N5/c1-105(2)90-28-13-7-22-77(90)83-57-67(38-49-93(83)105)70-42-53-100-86(60-70)80-25-10-16-31-97(80)110(100)74-45-34-64(35-46-74)66-41-52-96-89(63-66)103(65-36-47-75(48-37-65)111-98-32-17-11-26-81(98)87-61-71(43-54-101(87)111)68-39-50-94-84(58-68)78-23-8-14-29-91(78)106(94,3)4)109-104(108-96)73-20-19-21-76(56-73)112-99-33-18-12-27-82(99)88-62-72(44-55-102(88)112)69-40-51-95-85(59-69)79-24-9-15-30-92(79)107(95,5)6/h7-63H,1-6H3. The fraction of sp³-hybridized carbons (Fsp3) is 0.0841. The average Bonchev–Trinajstić information content (AvgIpc) is 1.55. The zero-order chi connectivity index (χ0) is 74.6. The smallest absolute Gasteiger partial charge is 0.160 e. The van der Waals surface area contributed by atoms with E-state index in [0.717, 1.165) is 78.0 Å². The van der Waals surface area contributed by atoms with Crippen LogP contribution < -0.4 is 0 Å². The minimum Gasteiger partial charge on any atom is -0.309 e. The van der Waals surface area contributed by atoms with Crippen LogP contribution in [0.15, 0.2) is 346 Å². The van der Waals surface area contributed by atoms with Gasteiger partial charge in [-0.25, -0.2) is 9.97 Å². The van der Waals surface area contributed by atoms with Gasteiger partial charge in [0.2, 0.25) is 0 Å². The minimum atomic E-state index is -0.0546. The maximum absolute atomic E-state index is 5.72. The van der Waals surface area contributed by atoms with E-state index >= 15 is 0 Å². The summed E-state index contributed by atoms with van der Waals surface area (Å²) in [5, 5.41) is 8.28. The lowest BCUT2D eigenvalue weighted by molar-refractivity contribution is 0.660. The molecule has 0 atom stereocenters. The highest BCUT2D eigenvalue weighted by atomic mass is 15.0. The lowest BCUT2D eigenvalue weighted by atomic mass is 9.82. The van der Waals surface area contributed by atoms with Crippen LogP contribution in [0.25, 0.3) is 194 Å². The van der Waals surface area contributed by atoms with Crippen LogP contribution in [-0.2, 0) is 16.2 Å². The maximum Gasteiger partial charge on any atom is 0.160 e. The third-order valence-corrected chi connectivity index (χ3v) is 25.7. The Hall–Kier alpha value is -13.7. The highest BCUT2D eigenvalue weighted by Crippen LogP contribution is 2.54. The summed E-state index contributed by atoms with van der Waals surface area (Å²) in [6.07, 6.45) is 0. The van der Waals surface area contributed by atoms with Gasteiger partial charge >= 0.3 is 0 Å². The van der Waals surface area contributed by atoms with Crippen LogP contribution in [0.3, 0.4) is 0 Å². The van der Waals surface area contributed by atoms with Gasteiger partial charge < -0.3 is 13.7 Å². The third kappa shape index (κ3) is 9.37. The monoisotopic (exact) mass is 1430 g/mol. The van der Waals surface area contributed by atoms with Crippen molar-refractivity contribution in [3.05, 3.63) is 379 Å². The lowest BCUT2D eigenvalue weighted by Crippen LogP contribution is -2.14. The fourth-order valence-corrected chi connectivity index (χ4v) is 20.0. The number of hydrogen-bond donors (Lipinski definition) is 0. The molecule has 0 bridgehead atoms. The van der Waals surface area contributed by atoms with E-state index < -0.39 is 0 Å². The van der Waals surface area contributed by atoms with Crippen LogP contribution in [0.1, 0.15) is 74.9 Å². The summed E-state index contributed by atoms with van der Waals surface area (Å²) >= 11 is 0. The molecule has 5 nitrogen and oxygen atoms in total. The second kappa shape index (κ2) is 23.6. The molecule has 0 radical (unpaired) electrons. The first kappa shape index (κ1) is 64.3. The predicted molar refractivity (Wildman–Crippen MR) is 468 cm³/mol. The summed E-state index contributed by atoms with van der Waals surface area (Å²) in [5.41, 5.74) is 39.4. The number of aromatic nitrogens is 5. The first-order valence-electron chi connectivity index (χ1n) is 39.3. The molecule has 3 aliphatic rings. The number of hydrogen-bond acceptors (Lipinski definition) is 2. The van der Waals surface area contributed by atoms with Gasteiger partial charge in [0.25, 0.3) is 0 Å². The summed E-state index contributed by atoms with van der Waals surface area (Å²) in [6, 6.07) is 129. The molecule has 0 saturated heterocycles. The van der Waals surface area contributed by atoms with Crippen molar-refractivity contribution in [2.75, 3.05) is 0 Å². The van der Waals surface area contributed by atoms with Crippen molar-refractivity contribution in [2.45, 2.75) is 57.8 Å². The van der Waals surface area contributed by atoms with Gasteiger partial charge in [0.05, 0.1) is 44.3 Å². The van der Waals surface area contributed by atoms with Crippen molar-refractivity contribution < 1.29 is 0 Å². The molecular formula is C107H75N5. The van der Waals surface area contributed by atoms with Gasteiger partial charge in [-0.15, -0.1) is 0 Å². The zero-order valence-corrected chi connectivity index (χ0v) is 63.1. The van der Waals surface area contributed by atoms with Crippen molar-refractivity contribution in [1.29, 1.82) is 0 Å². The predicted octanol–water partition coefficient (Wildman–Crippen LogP) is 27.8. The van der Waals surface area contributed by atoms with Crippen molar-refractivity contribution in [3.8, 4) is 118 Å². The Kier molecular flexibility index (Phi) is 13.6. The number of para-hydroxylation sites is 3. The van der Waals surface area contributed by atoms with Gasteiger partial charge in [0.15, 0.2) is 5.82 Å². The third-order valence-electron chi connectivity index (χ3n) is 25.7. The Labute approximate surface area is 650 Å². The molecule has 0 spiro atoms. The molecule has 4 aromatic heterocycles. The van der Waals surface area contributed by atoms with Crippen LogP contribution in [-0.4, -0.2) is 23.7 Å². The Bertz CT molecular complexity index is 7450. The summed E-state index contributed by atoms with van der Waals surface area (Å²) in [5.74, 6) is 0.657. The second-order valence-electron chi connectivity index (χ2n) is 32.8. The second-order valence-corrected chi connectivity index (χ2v) is 32.8. The highest BCUT2D eigenvalue weighted by molar-refractivity contribution is 6.14. The van der Waals surface area contributed by atoms with Gasteiger partial charge in [-0.2, -0.15) is 0 Å². The number of fused-ring (bicyclic) bond motifs is 19. The Balaban J connectivity index is 0.628. The first-order chi connectivity index (χ1) is 54.8. The van der Waals surface area contributed by atoms with Gasteiger partial charge in [-0.05, 0) is 233 Å². The molecule has 0 amide bonds. The van der Waals surface area contributed by atoms with Crippen molar-refractivity contribution in [1.82, 2.24) is 23.7 Å². The normalized spacial score (nSPS) is 14.0. The molecule has 0 saturated carbocycles. The molecule has 112 heavy (non-hydrogen) atoms. The van der Waals surface area contributed by atoms with E-state index in [2.05, 4.69) is 401 Å². The first-order valence-corrected chi connectivity index (χ1v) is 39.3. The van der Waals surface area contributed by atoms with Crippen molar-refractivity contribution in [2.24, 2.45) is 0 Å². The molecule has 528 valence electrons. The molecule has 0 fully saturated rings. The highest BCUT2D eigenvalue weighted by Gasteiger charge is 2.38. The van der Waals surface area contributed by atoms with E-state index in [0.29, 0.717) is 5.82 Å². The maximum atomic E-state index is 5.72. The van der Waals surface area contributed by atoms with Gasteiger partial charge in [-0.1, -0.05) is 266 Å². The molecule has 5 heteroatoms. The fourth-order valence-electron chi connectivity index (χ4n) is 20.0. The topological polar surface area (TPSA) is 40.6 Å². The molecule has 3 aliphatic carbocycles. The summed E-state index contributed by atoms with van der Waals surface area (Å²) in [7, 11) is 0. The van der Waals surface area contributed by atoms with E-state index in [-0.39, 0.29) is 16.2 Å². The molecule has 0 unspecified atom stereocenters. The van der Waals surface area contributed by atoms with Gasteiger partial charge in [0, 0.05) is 82.1 Å². The largest absolute Gasteiger partial charge is 0.309 e. The average molecular weight is 1430 g/mol. The molecular weight excluding hydrogens is 1360 g/mol. The van der Waals surface area contributed by atoms with Crippen LogP contribution >= 0.6 is 0 Å². The zero-order valence-electron chi connectivity index (χ0n) is 63.1. The molecule has 16 aromatic carbocycles. The van der Waals surface area contributed by atoms with Crippen LogP contribution in [0.4, 0.5) is 0 Å². The van der Waals surface area contributed by atoms with Gasteiger partial charge in [0.1, 0.15) is 0 Å². The number of nitrogens with zero attached hydrogens (tertiary/aromatic N) is 5. The number of rotatable bonds is 9. The molecule has 0 N–H and O–H groups in total. The molecule has 0 aliphatic heterocycles. The number of benzene rings is 16. The Morgan fingerprint density at radius 2 is 0.518 bits per heavy atom. The van der Waals surface area contributed by atoms with Crippen molar-refractivity contribution in [3.63, 3.8) is 0 Å².